The number of carbonyl (C=O) groups excluding carboxylic acids is 1. The topological polar surface area (TPSA) is 94.1 Å². The minimum absolute atomic E-state index is 0.0248. The number of esters is 1. The second kappa shape index (κ2) is 34.1. The van der Waals surface area contributed by atoms with Crippen molar-refractivity contribution >= 4 is 13.8 Å². The molecule has 0 aliphatic carbocycles. The molecule has 0 aliphatic rings. The molecule has 0 aromatic rings. The predicted octanol–water partition coefficient (Wildman–Crippen LogP) is 10.6. The van der Waals surface area contributed by atoms with Crippen LogP contribution in [0.4, 0.5) is 0 Å². The summed E-state index contributed by atoms with van der Waals surface area (Å²) in [6.07, 6.45) is 36.0. The number of rotatable bonds is 37. The van der Waals surface area contributed by atoms with E-state index in [9.17, 15) is 14.3 Å². The maximum atomic E-state index is 12.6. The number of nitrogens with zero attached hydrogens (tertiary/aromatic N) is 1. The van der Waals surface area contributed by atoms with Crippen LogP contribution in [0.3, 0.4) is 0 Å². The van der Waals surface area contributed by atoms with Crippen molar-refractivity contribution in [3.8, 4) is 0 Å². The molecule has 0 radical (unpaired) electrons. The quantitative estimate of drug-likeness (QED) is 0.0208. The van der Waals surface area contributed by atoms with Gasteiger partial charge in [-0.2, -0.15) is 0 Å². The SMILES string of the molecule is CCCCC/C=C\C/C=C\CCCCCCCC(=O)OC(COCCCCCCCCCCCCCC)COP(=O)([O-])OCC[N+](C)(C)C. The average molecular weight is 716 g/mol. The molecule has 0 aliphatic heterocycles. The number of hydrogen-bond donors (Lipinski definition) is 0. The Morgan fingerprint density at radius 2 is 1.12 bits per heavy atom. The number of carbonyl (C=O) groups is 1. The van der Waals surface area contributed by atoms with E-state index in [-0.39, 0.29) is 25.8 Å². The van der Waals surface area contributed by atoms with Crippen molar-refractivity contribution in [2.45, 2.75) is 174 Å². The Kier molecular flexibility index (Phi) is 33.4. The summed E-state index contributed by atoms with van der Waals surface area (Å²) in [4.78, 5) is 24.9. The fourth-order valence-electron chi connectivity index (χ4n) is 5.34. The first-order valence-electron chi connectivity index (χ1n) is 20.1. The molecule has 0 spiro atoms. The molecule has 0 rings (SSSR count). The lowest BCUT2D eigenvalue weighted by molar-refractivity contribution is -0.870. The Morgan fingerprint density at radius 1 is 0.633 bits per heavy atom. The monoisotopic (exact) mass is 716 g/mol. The van der Waals surface area contributed by atoms with Crippen molar-refractivity contribution < 1.29 is 37.3 Å². The van der Waals surface area contributed by atoms with Crippen LogP contribution in [0, 0.1) is 0 Å². The molecule has 0 saturated carbocycles. The predicted molar refractivity (Wildman–Crippen MR) is 204 cm³/mol. The van der Waals surface area contributed by atoms with Crippen LogP contribution in [0.5, 0.6) is 0 Å². The van der Waals surface area contributed by atoms with E-state index in [0.717, 1.165) is 57.8 Å². The third kappa shape index (κ3) is 38.1. The molecule has 0 heterocycles. The van der Waals surface area contributed by atoms with E-state index in [4.69, 9.17) is 18.5 Å². The zero-order chi connectivity index (χ0) is 36.3. The van der Waals surface area contributed by atoms with Crippen LogP contribution in [0.2, 0.25) is 0 Å². The van der Waals surface area contributed by atoms with E-state index in [0.29, 0.717) is 24.1 Å². The molecule has 0 amide bonds. The molecule has 0 bridgehead atoms. The van der Waals surface area contributed by atoms with E-state index >= 15 is 0 Å². The number of phosphoric acid groups is 1. The van der Waals surface area contributed by atoms with Crippen molar-refractivity contribution in [1.29, 1.82) is 0 Å². The molecule has 290 valence electrons. The van der Waals surface area contributed by atoms with Crippen molar-refractivity contribution in [1.82, 2.24) is 0 Å². The summed E-state index contributed by atoms with van der Waals surface area (Å²) < 4.78 is 34.5. The number of likely N-dealkylation sites (N-methyl/N-ethyl adjacent to an activating group) is 1. The Balaban J connectivity index is 4.30. The van der Waals surface area contributed by atoms with E-state index < -0.39 is 13.9 Å². The molecule has 0 fully saturated rings. The summed E-state index contributed by atoms with van der Waals surface area (Å²) in [6.45, 7) is 5.37. The van der Waals surface area contributed by atoms with Crippen LogP contribution in [0.25, 0.3) is 0 Å². The summed E-state index contributed by atoms with van der Waals surface area (Å²) in [5.74, 6) is -0.347. The van der Waals surface area contributed by atoms with Gasteiger partial charge >= 0.3 is 5.97 Å². The highest BCUT2D eigenvalue weighted by Crippen LogP contribution is 2.38. The minimum Gasteiger partial charge on any atom is -0.756 e. The Bertz CT molecular complexity index is 843. The van der Waals surface area contributed by atoms with E-state index in [1.807, 2.05) is 21.1 Å². The summed E-state index contributed by atoms with van der Waals surface area (Å²) in [6, 6.07) is 0. The van der Waals surface area contributed by atoms with Crippen LogP contribution >= 0.6 is 7.82 Å². The smallest absolute Gasteiger partial charge is 0.306 e. The number of phosphoric ester groups is 1. The normalized spacial score (nSPS) is 14.2. The fraction of sp³-hybridized carbons (Fsp3) is 0.875. The van der Waals surface area contributed by atoms with Gasteiger partial charge in [0.05, 0.1) is 34.4 Å². The third-order valence-electron chi connectivity index (χ3n) is 8.51. The first kappa shape index (κ1) is 48.0. The number of allylic oxidation sites excluding steroid dienone is 4. The molecule has 8 nitrogen and oxygen atoms in total. The maximum Gasteiger partial charge on any atom is 0.306 e. The highest BCUT2D eigenvalue weighted by molar-refractivity contribution is 7.45. The van der Waals surface area contributed by atoms with Crippen molar-refractivity contribution in [2.75, 3.05) is 54.1 Å². The first-order chi connectivity index (χ1) is 23.6. The van der Waals surface area contributed by atoms with Gasteiger partial charge in [-0.1, -0.05) is 141 Å². The summed E-state index contributed by atoms with van der Waals surface area (Å²) in [7, 11) is 1.35. The largest absolute Gasteiger partial charge is 0.756 e. The van der Waals surface area contributed by atoms with Crippen molar-refractivity contribution in [3.63, 3.8) is 0 Å². The highest BCUT2D eigenvalue weighted by Gasteiger charge is 2.20. The molecule has 0 N–H and O–H groups in total. The van der Waals surface area contributed by atoms with Crippen molar-refractivity contribution in [3.05, 3.63) is 24.3 Å². The Hall–Kier alpha value is -1.02. The molecule has 49 heavy (non-hydrogen) atoms. The lowest BCUT2D eigenvalue weighted by Gasteiger charge is -2.28. The Labute approximate surface area is 303 Å². The van der Waals surface area contributed by atoms with Gasteiger partial charge in [-0.25, -0.2) is 0 Å². The van der Waals surface area contributed by atoms with E-state index in [1.54, 1.807) is 0 Å². The summed E-state index contributed by atoms with van der Waals surface area (Å²) in [5.41, 5.74) is 0. The molecule has 2 atom stereocenters. The van der Waals surface area contributed by atoms with Gasteiger partial charge in [-0.15, -0.1) is 0 Å². The number of quaternary nitrogens is 1. The van der Waals surface area contributed by atoms with E-state index in [2.05, 4.69) is 38.2 Å². The second-order valence-electron chi connectivity index (χ2n) is 14.6. The molecule has 9 heteroatoms. The summed E-state index contributed by atoms with van der Waals surface area (Å²) in [5, 5.41) is 0. The first-order valence-corrected chi connectivity index (χ1v) is 21.5. The third-order valence-corrected chi connectivity index (χ3v) is 9.47. The standard InChI is InChI=1S/C40H78NO7P/c1-6-8-10-12-14-16-18-20-21-22-23-25-27-29-31-33-40(42)48-39(38-47-49(43,44)46-36-34-41(3,4)5)37-45-35-32-30-28-26-24-19-17-15-13-11-9-7-2/h14,16,20-21,39H,6-13,15,17-19,22-38H2,1-5H3/b16-14-,21-20-. The zero-order valence-electron chi connectivity index (χ0n) is 32.6. The van der Waals surface area contributed by atoms with Crippen LogP contribution in [-0.4, -0.2) is 70.7 Å². The van der Waals surface area contributed by atoms with Gasteiger partial charge in [0.15, 0.2) is 0 Å². The second-order valence-corrected chi connectivity index (χ2v) is 16.1. The zero-order valence-corrected chi connectivity index (χ0v) is 33.5. The van der Waals surface area contributed by atoms with Gasteiger partial charge < -0.3 is 27.9 Å². The maximum absolute atomic E-state index is 12.6. The van der Waals surface area contributed by atoms with Crippen LogP contribution in [0.15, 0.2) is 24.3 Å². The fourth-order valence-corrected chi connectivity index (χ4v) is 6.07. The van der Waals surface area contributed by atoms with Gasteiger partial charge in [0.1, 0.15) is 19.3 Å². The molecule has 2 unspecified atom stereocenters. The van der Waals surface area contributed by atoms with Crippen molar-refractivity contribution in [2.24, 2.45) is 0 Å². The lowest BCUT2D eigenvalue weighted by Crippen LogP contribution is -2.37. The van der Waals surface area contributed by atoms with Crippen LogP contribution < -0.4 is 4.89 Å². The van der Waals surface area contributed by atoms with Gasteiger partial charge in [-0.3, -0.25) is 9.36 Å². The Morgan fingerprint density at radius 3 is 1.69 bits per heavy atom. The average Bonchev–Trinajstić information content (AvgIpc) is 3.04. The minimum atomic E-state index is -4.52. The van der Waals surface area contributed by atoms with Gasteiger partial charge in [0.2, 0.25) is 0 Å². The molecule has 0 aromatic carbocycles. The van der Waals surface area contributed by atoms with Gasteiger partial charge in [-0.05, 0) is 44.9 Å². The molecule has 0 aromatic heterocycles. The summed E-state index contributed by atoms with van der Waals surface area (Å²) >= 11 is 0. The molecular formula is C40H78NO7P. The molecular weight excluding hydrogens is 637 g/mol. The van der Waals surface area contributed by atoms with Crippen LogP contribution in [0.1, 0.15) is 168 Å². The highest BCUT2D eigenvalue weighted by atomic mass is 31.2. The van der Waals surface area contributed by atoms with Crippen LogP contribution in [-0.2, 0) is 27.9 Å². The molecule has 0 saturated heterocycles. The number of ether oxygens (including phenoxy) is 2. The lowest BCUT2D eigenvalue weighted by atomic mass is 10.1. The number of unbranched alkanes of at least 4 members (excludes halogenated alkanes) is 19. The van der Waals surface area contributed by atoms with Gasteiger partial charge in [0.25, 0.3) is 7.82 Å². The van der Waals surface area contributed by atoms with Gasteiger partial charge in [0, 0.05) is 13.0 Å². The van der Waals surface area contributed by atoms with E-state index in [1.165, 1.54) is 89.9 Å². The number of hydrogen-bond acceptors (Lipinski definition) is 7.